The van der Waals surface area contributed by atoms with Gasteiger partial charge in [-0.3, -0.25) is 5.10 Å². The van der Waals surface area contributed by atoms with Gasteiger partial charge in [-0.05, 0) is 30.9 Å². The molecule has 1 aliphatic carbocycles. The van der Waals surface area contributed by atoms with Crippen LogP contribution in [-0.4, -0.2) is 43.7 Å². The highest BCUT2D eigenvalue weighted by Gasteiger charge is 2.42. The van der Waals surface area contributed by atoms with E-state index in [-0.39, 0.29) is 0 Å². The number of aromatic nitrogens is 6. The van der Waals surface area contributed by atoms with Gasteiger partial charge < -0.3 is 4.74 Å². The summed E-state index contributed by atoms with van der Waals surface area (Å²) in [5, 5.41) is 11.4. The number of ether oxygens (including phenoxy) is 1. The molecule has 0 amide bonds. The van der Waals surface area contributed by atoms with E-state index in [1.807, 2.05) is 16.8 Å². The summed E-state index contributed by atoms with van der Waals surface area (Å²) < 4.78 is 7.22. The van der Waals surface area contributed by atoms with E-state index in [0.29, 0.717) is 23.5 Å². The molecule has 1 aliphatic rings. The number of nitrogens with one attached hydrogen (secondary N) is 1. The third-order valence-electron chi connectivity index (χ3n) is 4.24. The molecule has 1 N–H and O–H groups in total. The van der Waals surface area contributed by atoms with E-state index in [2.05, 4.69) is 39.3 Å². The molecule has 0 spiro atoms. The Kier molecular flexibility index (Phi) is 3.42. The van der Waals surface area contributed by atoms with Gasteiger partial charge in [0.05, 0.1) is 5.69 Å². The molecular formula is C16H18N6O. The maximum absolute atomic E-state index is 5.28. The van der Waals surface area contributed by atoms with Crippen molar-refractivity contribution in [3.63, 3.8) is 0 Å². The fourth-order valence-electron chi connectivity index (χ4n) is 2.92. The van der Waals surface area contributed by atoms with Crippen LogP contribution in [0, 0.1) is 12.8 Å². The first-order chi connectivity index (χ1) is 11.3. The molecule has 1 aromatic carbocycles. The van der Waals surface area contributed by atoms with Gasteiger partial charge in [-0.1, -0.05) is 18.2 Å². The third-order valence-corrected chi connectivity index (χ3v) is 4.24. The molecule has 0 unspecified atom stereocenters. The summed E-state index contributed by atoms with van der Waals surface area (Å²) >= 11 is 0. The van der Waals surface area contributed by atoms with E-state index < -0.39 is 0 Å². The predicted molar refractivity (Wildman–Crippen MR) is 84.2 cm³/mol. The van der Waals surface area contributed by atoms with Crippen LogP contribution in [0.5, 0.6) is 0 Å². The van der Waals surface area contributed by atoms with Crippen molar-refractivity contribution in [2.45, 2.75) is 19.3 Å². The molecule has 0 saturated heterocycles. The molecule has 3 aromatic rings. The van der Waals surface area contributed by atoms with Gasteiger partial charge in [-0.25, -0.2) is 14.6 Å². The predicted octanol–water partition coefficient (Wildman–Crippen LogP) is 2.11. The van der Waals surface area contributed by atoms with E-state index in [4.69, 9.17) is 9.72 Å². The van der Waals surface area contributed by atoms with E-state index in [1.165, 1.54) is 6.33 Å². The van der Waals surface area contributed by atoms with E-state index in [0.717, 1.165) is 30.1 Å². The summed E-state index contributed by atoms with van der Waals surface area (Å²) in [6.45, 7) is 2.83. The maximum atomic E-state index is 5.28. The first kappa shape index (κ1) is 14.1. The molecule has 2 aromatic heterocycles. The van der Waals surface area contributed by atoms with Crippen molar-refractivity contribution < 1.29 is 4.74 Å². The lowest BCUT2D eigenvalue weighted by molar-refractivity contribution is 0.184. The van der Waals surface area contributed by atoms with Crippen LogP contribution in [0.15, 0.2) is 30.6 Å². The van der Waals surface area contributed by atoms with Crippen molar-refractivity contribution in [1.29, 1.82) is 0 Å². The van der Waals surface area contributed by atoms with Gasteiger partial charge >= 0.3 is 0 Å². The Labute approximate surface area is 133 Å². The van der Waals surface area contributed by atoms with Crippen molar-refractivity contribution in [3.05, 3.63) is 42.0 Å². The van der Waals surface area contributed by atoms with Crippen molar-refractivity contribution in [3.8, 4) is 17.3 Å². The van der Waals surface area contributed by atoms with E-state index in [1.54, 1.807) is 7.11 Å². The molecular weight excluding hydrogens is 292 g/mol. The van der Waals surface area contributed by atoms with Crippen LogP contribution in [0.2, 0.25) is 0 Å². The average Bonchev–Trinajstić information content (AvgIpc) is 2.99. The molecule has 0 radical (unpaired) electrons. The second-order valence-electron chi connectivity index (χ2n) is 5.88. The smallest absolute Gasteiger partial charge is 0.219 e. The third kappa shape index (κ3) is 2.53. The van der Waals surface area contributed by atoms with E-state index >= 15 is 0 Å². The van der Waals surface area contributed by atoms with Gasteiger partial charge in [0.15, 0.2) is 5.82 Å². The Bertz CT molecular complexity index is 810. The number of H-pyrrole nitrogens is 1. The largest absolute Gasteiger partial charge is 0.384 e. The van der Waals surface area contributed by atoms with Crippen LogP contribution in [0.25, 0.3) is 17.3 Å². The van der Waals surface area contributed by atoms with Gasteiger partial charge in [0.2, 0.25) is 5.82 Å². The monoisotopic (exact) mass is 310 g/mol. The Balaban J connectivity index is 1.79. The molecule has 2 atom stereocenters. The van der Waals surface area contributed by atoms with Gasteiger partial charge in [-0.15, -0.1) is 5.10 Å². The van der Waals surface area contributed by atoms with Crippen LogP contribution in [0.4, 0.5) is 0 Å². The molecule has 0 bridgehead atoms. The van der Waals surface area contributed by atoms with E-state index in [9.17, 15) is 0 Å². The number of aryl methyl sites for hydroxylation is 1. The minimum atomic E-state index is 0.374. The Hall–Kier alpha value is -2.54. The highest BCUT2D eigenvalue weighted by molar-refractivity contribution is 5.46. The number of hydrogen-bond acceptors (Lipinski definition) is 5. The second-order valence-corrected chi connectivity index (χ2v) is 5.88. The summed E-state index contributed by atoms with van der Waals surface area (Å²) in [4.78, 5) is 8.89. The summed E-state index contributed by atoms with van der Waals surface area (Å²) in [5.74, 6) is 3.01. The van der Waals surface area contributed by atoms with Crippen LogP contribution in [0.1, 0.15) is 23.7 Å². The number of para-hydroxylation sites is 1. The summed E-state index contributed by atoms with van der Waals surface area (Å²) in [7, 11) is 1.74. The molecule has 0 aliphatic heterocycles. The molecule has 4 rings (SSSR count). The summed E-state index contributed by atoms with van der Waals surface area (Å²) in [6, 6.07) is 8.18. The Morgan fingerprint density at radius 3 is 2.96 bits per heavy atom. The van der Waals surface area contributed by atoms with Crippen molar-refractivity contribution in [1.82, 2.24) is 29.9 Å². The highest BCUT2D eigenvalue weighted by atomic mass is 16.5. The normalized spacial score (nSPS) is 19.9. The molecule has 2 heterocycles. The van der Waals surface area contributed by atoms with Crippen molar-refractivity contribution in [2.75, 3.05) is 13.7 Å². The van der Waals surface area contributed by atoms with Gasteiger partial charge in [0.1, 0.15) is 12.2 Å². The first-order valence-corrected chi connectivity index (χ1v) is 7.65. The number of rotatable bonds is 5. The molecule has 118 valence electrons. The van der Waals surface area contributed by atoms with Crippen molar-refractivity contribution in [2.24, 2.45) is 5.92 Å². The molecule has 1 fully saturated rings. The average molecular weight is 310 g/mol. The van der Waals surface area contributed by atoms with Crippen LogP contribution in [0.3, 0.4) is 0 Å². The maximum Gasteiger partial charge on any atom is 0.219 e. The zero-order valence-corrected chi connectivity index (χ0v) is 13.1. The number of nitrogens with zero attached hydrogens (tertiary/aromatic N) is 5. The molecule has 7 heteroatoms. The number of methoxy groups -OCH3 is 1. The number of benzene rings is 1. The topological polar surface area (TPSA) is 81.5 Å². The molecule has 1 saturated carbocycles. The highest BCUT2D eigenvalue weighted by Crippen LogP contribution is 2.47. The van der Waals surface area contributed by atoms with Crippen LogP contribution >= 0.6 is 0 Å². The number of aromatic amines is 1. The molecule has 23 heavy (non-hydrogen) atoms. The minimum Gasteiger partial charge on any atom is -0.384 e. The Morgan fingerprint density at radius 1 is 1.35 bits per heavy atom. The lowest BCUT2D eigenvalue weighted by Gasteiger charge is -2.08. The lowest BCUT2D eigenvalue weighted by Crippen LogP contribution is -2.05. The zero-order valence-electron chi connectivity index (χ0n) is 13.1. The van der Waals surface area contributed by atoms with Gasteiger partial charge in [0.25, 0.3) is 0 Å². The molecule has 7 nitrogen and oxygen atoms in total. The Morgan fingerprint density at radius 2 is 2.22 bits per heavy atom. The standard InChI is InChI=1S/C16H18N6O/c1-10-5-3-4-6-13(10)22-16(12-7-11(12)8-23-2)19-15(21-22)14-17-9-18-20-14/h3-6,9,11-12H,7-8H2,1-2H3,(H,17,18,20)/t11-,12+/m0/s1. The quantitative estimate of drug-likeness (QED) is 0.780. The summed E-state index contributed by atoms with van der Waals surface area (Å²) in [6.07, 6.45) is 2.54. The van der Waals surface area contributed by atoms with Gasteiger partial charge in [0, 0.05) is 19.6 Å². The lowest BCUT2D eigenvalue weighted by atomic mass is 10.2. The van der Waals surface area contributed by atoms with Crippen LogP contribution in [-0.2, 0) is 4.74 Å². The number of hydrogen-bond donors (Lipinski definition) is 1. The SMILES string of the molecule is COC[C@@H]1C[C@H]1c1nc(-c2ncn[nH]2)nn1-c1ccccc1C. The fourth-order valence-corrected chi connectivity index (χ4v) is 2.92. The van der Waals surface area contributed by atoms with Crippen molar-refractivity contribution >= 4 is 0 Å². The zero-order chi connectivity index (χ0) is 15.8. The minimum absolute atomic E-state index is 0.374. The summed E-state index contributed by atoms with van der Waals surface area (Å²) in [5.41, 5.74) is 2.20. The van der Waals surface area contributed by atoms with Gasteiger partial charge in [-0.2, -0.15) is 5.10 Å². The second kappa shape index (κ2) is 5.58. The fraction of sp³-hybridized carbons (Fsp3) is 0.375. The first-order valence-electron chi connectivity index (χ1n) is 7.65. The van der Waals surface area contributed by atoms with Crippen LogP contribution < -0.4 is 0 Å².